The molecular formula is C11H16O3. The van der Waals surface area contributed by atoms with E-state index in [4.69, 9.17) is 10.2 Å². The molecule has 0 aromatic heterocycles. The first-order valence-corrected chi connectivity index (χ1v) is 4.65. The van der Waals surface area contributed by atoms with Crippen molar-refractivity contribution in [2.75, 3.05) is 6.61 Å². The van der Waals surface area contributed by atoms with E-state index in [9.17, 15) is 5.11 Å². The number of phenols is 1. The third-order valence-corrected chi connectivity index (χ3v) is 2.23. The second-order valence-corrected chi connectivity index (χ2v) is 3.82. The van der Waals surface area contributed by atoms with E-state index in [-0.39, 0.29) is 12.4 Å². The van der Waals surface area contributed by atoms with Crippen molar-refractivity contribution in [2.24, 2.45) is 0 Å². The van der Waals surface area contributed by atoms with Crippen LogP contribution in [0, 0.1) is 0 Å². The highest BCUT2D eigenvalue weighted by atomic mass is 16.3. The number of rotatable bonds is 4. The van der Waals surface area contributed by atoms with Crippen molar-refractivity contribution in [3.8, 4) is 5.75 Å². The van der Waals surface area contributed by atoms with Gasteiger partial charge < -0.3 is 15.3 Å². The Labute approximate surface area is 83.6 Å². The molecule has 0 fully saturated rings. The number of aliphatic hydroxyl groups excluding tert-OH is 1. The number of aliphatic hydroxyl groups is 2. The van der Waals surface area contributed by atoms with E-state index >= 15 is 0 Å². The minimum atomic E-state index is -1.02. The second-order valence-electron chi connectivity index (χ2n) is 3.82. The summed E-state index contributed by atoms with van der Waals surface area (Å²) in [6, 6.07) is 6.84. The van der Waals surface area contributed by atoms with Gasteiger partial charge in [-0.2, -0.15) is 0 Å². The van der Waals surface area contributed by atoms with Gasteiger partial charge in [-0.3, -0.25) is 0 Å². The van der Waals surface area contributed by atoms with Gasteiger partial charge in [0.1, 0.15) is 5.75 Å². The zero-order valence-electron chi connectivity index (χ0n) is 8.27. The van der Waals surface area contributed by atoms with Gasteiger partial charge in [-0.1, -0.05) is 12.1 Å². The molecule has 1 aromatic rings. The monoisotopic (exact) mass is 196 g/mol. The van der Waals surface area contributed by atoms with E-state index in [2.05, 4.69) is 0 Å². The highest BCUT2D eigenvalue weighted by Crippen LogP contribution is 2.15. The van der Waals surface area contributed by atoms with Crippen molar-refractivity contribution in [1.29, 1.82) is 0 Å². The Kier molecular flexibility index (Phi) is 3.49. The Bertz CT molecular complexity index is 277. The average Bonchev–Trinajstić information content (AvgIpc) is 2.17. The second kappa shape index (κ2) is 4.44. The Balaban J connectivity index is 2.50. The summed E-state index contributed by atoms with van der Waals surface area (Å²) < 4.78 is 0. The van der Waals surface area contributed by atoms with Crippen LogP contribution in [-0.4, -0.2) is 27.5 Å². The molecule has 0 heterocycles. The van der Waals surface area contributed by atoms with Gasteiger partial charge in [0, 0.05) is 0 Å². The minimum Gasteiger partial charge on any atom is -0.508 e. The number of hydrogen-bond donors (Lipinski definition) is 3. The summed E-state index contributed by atoms with van der Waals surface area (Å²) in [5.41, 5.74) is 0.0225. The third kappa shape index (κ3) is 3.36. The predicted molar refractivity (Wildman–Crippen MR) is 54.1 cm³/mol. The Morgan fingerprint density at radius 3 is 2.29 bits per heavy atom. The van der Waals surface area contributed by atoms with E-state index in [1.54, 1.807) is 19.1 Å². The molecule has 0 saturated heterocycles. The molecule has 0 bridgehead atoms. The summed E-state index contributed by atoms with van der Waals surface area (Å²) in [4.78, 5) is 0. The molecule has 3 nitrogen and oxygen atoms in total. The lowest BCUT2D eigenvalue weighted by Crippen LogP contribution is -2.29. The number of phenolic OH excluding ortho intramolecular Hbond substituents is 1. The molecule has 1 rings (SSSR count). The van der Waals surface area contributed by atoms with Gasteiger partial charge in [0.2, 0.25) is 0 Å². The fourth-order valence-electron chi connectivity index (χ4n) is 1.16. The molecule has 3 heteroatoms. The van der Waals surface area contributed by atoms with Crippen molar-refractivity contribution in [2.45, 2.75) is 25.4 Å². The van der Waals surface area contributed by atoms with Gasteiger partial charge >= 0.3 is 0 Å². The molecule has 14 heavy (non-hydrogen) atoms. The molecule has 0 aliphatic carbocycles. The molecule has 0 aliphatic heterocycles. The zero-order chi connectivity index (χ0) is 10.6. The molecule has 78 valence electrons. The number of aryl methyl sites for hydroxylation is 1. The Morgan fingerprint density at radius 1 is 1.21 bits per heavy atom. The van der Waals surface area contributed by atoms with Crippen molar-refractivity contribution < 1.29 is 15.3 Å². The van der Waals surface area contributed by atoms with E-state index in [0.717, 1.165) is 5.56 Å². The number of benzene rings is 1. The van der Waals surface area contributed by atoms with Gasteiger partial charge in [-0.15, -0.1) is 0 Å². The van der Waals surface area contributed by atoms with Gasteiger partial charge in [-0.25, -0.2) is 0 Å². The smallest absolute Gasteiger partial charge is 0.115 e. The molecule has 1 aromatic carbocycles. The molecular weight excluding hydrogens is 180 g/mol. The largest absolute Gasteiger partial charge is 0.508 e. The molecule has 0 saturated carbocycles. The molecule has 1 unspecified atom stereocenters. The summed E-state index contributed by atoms with van der Waals surface area (Å²) >= 11 is 0. The van der Waals surface area contributed by atoms with Crippen LogP contribution >= 0.6 is 0 Å². The lowest BCUT2D eigenvalue weighted by Gasteiger charge is -2.19. The van der Waals surface area contributed by atoms with Crippen LogP contribution in [0.25, 0.3) is 0 Å². The maximum absolute atomic E-state index is 9.54. The van der Waals surface area contributed by atoms with Gasteiger partial charge in [-0.05, 0) is 37.5 Å². The highest BCUT2D eigenvalue weighted by molar-refractivity contribution is 5.25. The first kappa shape index (κ1) is 11.0. The highest BCUT2D eigenvalue weighted by Gasteiger charge is 2.18. The first-order valence-electron chi connectivity index (χ1n) is 4.65. The summed E-state index contributed by atoms with van der Waals surface area (Å²) in [7, 11) is 0. The van der Waals surface area contributed by atoms with E-state index in [1.807, 2.05) is 12.1 Å². The summed E-state index contributed by atoms with van der Waals surface area (Å²) in [6.07, 6.45) is 1.20. The van der Waals surface area contributed by atoms with Crippen LogP contribution in [-0.2, 0) is 6.42 Å². The zero-order valence-corrected chi connectivity index (χ0v) is 8.27. The molecule has 0 spiro atoms. The maximum atomic E-state index is 9.54. The SMILES string of the molecule is CC(O)(CO)CCc1ccc(O)cc1. The minimum absolute atomic E-state index is 0.231. The van der Waals surface area contributed by atoms with E-state index in [0.29, 0.717) is 12.8 Å². The van der Waals surface area contributed by atoms with Crippen LogP contribution < -0.4 is 0 Å². The number of aromatic hydroxyl groups is 1. The van der Waals surface area contributed by atoms with Gasteiger partial charge in [0.25, 0.3) is 0 Å². The first-order chi connectivity index (χ1) is 6.53. The fraction of sp³-hybridized carbons (Fsp3) is 0.455. The van der Waals surface area contributed by atoms with Crippen LogP contribution in [0.5, 0.6) is 5.75 Å². The number of hydrogen-bond acceptors (Lipinski definition) is 3. The van der Waals surface area contributed by atoms with Gasteiger partial charge in [0.15, 0.2) is 0 Å². The molecule has 3 N–H and O–H groups in total. The van der Waals surface area contributed by atoms with E-state index in [1.165, 1.54) is 0 Å². The summed E-state index contributed by atoms with van der Waals surface area (Å²) in [5.74, 6) is 0.239. The molecule has 0 amide bonds. The van der Waals surface area contributed by atoms with Crippen LogP contribution in [0.15, 0.2) is 24.3 Å². The standard InChI is InChI=1S/C11H16O3/c1-11(14,8-12)7-6-9-2-4-10(13)5-3-9/h2-5,12-14H,6-8H2,1H3. The van der Waals surface area contributed by atoms with Crippen molar-refractivity contribution in [1.82, 2.24) is 0 Å². The van der Waals surface area contributed by atoms with Crippen LogP contribution in [0.1, 0.15) is 18.9 Å². The van der Waals surface area contributed by atoms with Crippen molar-refractivity contribution >= 4 is 0 Å². The summed E-state index contributed by atoms with van der Waals surface area (Å²) in [6.45, 7) is 1.37. The van der Waals surface area contributed by atoms with E-state index < -0.39 is 5.60 Å². The third-order valence-electron chi connectivity index (χ3n) is 2.23. The average molecular weight is 196 g/mol. The molecule has 0 radical (unpaired) electrons. The normalized spacial score (nSPS) is 15.1. The van der Waals surface area contributed by atoms with Crippen molar-refractivity contribution in [3.05, 3.63) is 29.8 Å². The predicted octanol–water partition coefficient (Wildman–Crippen LogP) is 1.07. The van der Waals surface area contributed by atoms with Crippen molar-refractivity contribution in [3.63, 3.8) is 0 Å². The van der Waals surface area contributed by atoms with Crippen LogP contribution in [0.3, 0.4) is 0 Å². The quantitative estimate of drug-likeness (QED) is 0.675. The summed E-state index contributed by atoms with van der Waals surface area (Å²) in [5, 5.41) is 27.4. The lowest BCUT2D eigenvalue weighted by molar-refractivity contribution is -0.00474. The van der Waals surface area contributed by atoms with Gasteiger partial charge in [0.05, 0.1) is 12.2 Å². The maximum Gasteiger partial charge on any atom is 0.115 e. The Hall–Kier alpha value is -1.06. The van der Waals surface area contributed by atoms with Crippen LogP contribution in [0.2, 0.25) is 0 Å². The molecule has 0 aliphatic rings. The topological polar surface area (TPSA) is 60.7 Å². The Morgan fingerprint density at radius 2 is 1.79 bits per heavy atom. The lowest BCUT2D eigenvalue weighted by atomic mass is 9.98. The fourth-order valence-corrected chi connectivity index (χ4v) is 1.16. The van der Waals surface area contributed by atoms with Crippen LogP contribution in [0.4, 0.5) is 0 Å². The molecule has 1 atom stereocenters.